The van der Waals surface area contributed by atoms with E-state index in [0.717, 1.165) is 15.8 Å². The van der Waals surface area contributed by atoms with Gasteiger partial charge in [0.25, 0.3) is 5.91 Å². The summed E-state index contributed by atoms with van der Waals surface area (Å²) in [6.45, 7) is 0.607. The molecule has 1 amide bonds. The minimum atomic E-state index is -0.280. The van der Waals surface area contributed by atoms with E-state index < -0.39 is 0 Å². The number of halogens is 1. The van der Waals surface area contributed by atoms with Crippen LogP contribution in [0, 0.1) is 5.82 Å². The first-order valence-electron chi connectivity index (χ1n) is 6.89. The predicted molar refractivity (Wildman–Crippen MR) is 84.7 cm³/mol. The summed E-state index contributed by atoms with van der Waals surface area (Å²) in [6, 6.07) is 10.1. The maximum Gasteiger partial charge on any atom is 0.268 e. The Balaban J connectivity index is 1.96. The van der Waals surface area contributed by atoms with Gasteiger partial charge in [-0.05, 0) is 35.2 Å². The smallest absolute Gasteiger partial charge is 0.268 e. The molecule has 0 saturated carbocycles. The summed E-state index contributed by atoms with van der Waals surface area (Å²) >= 11 is 1.57. The van der Waals surface area contributed by atoms with Crippen molar-refractivity contribution < 1.29 is 14.3 Å². The van der Waals surface area contributed by atoms with Crippen LogP contribution in [0.4, 0.5) is 4.39 Å². The second kappa shape index (κ2) is 6.29. The number of carbonyl (C=O) groups is 1. The minimum Gasteiger partial charge on any atom is -0.395 e. The van der Waals surface area contributed by atoms with E-state index in [0.29, 0.717) is 12.2 Å². The number of benzene rings is 1. The third-order valence-electron chi connectivity index (χ3n) is 3.41. The molecular weight excluding hydrogens is 303 g/mol. The van der Waals surface area contributed by atoms with Gasteiger partial charge in [0.2, 0.25) is 0 Å². The third kappa shape index (κ3) is 2.88. The molecule has 0 spiro atoms. The molecule has 0 atom stereocenters. The number of aliphatic hydroxyl groups is 1. The van der Waals surface area contributed by atoms with Gasteiger partial charge in [-0.3, -0.25) is 4.79 Å². The van der Waals surface area contributed by atoms with Crippen LogP contribution in [0.15, 0.2) is 41.8 Å². The average molecular weight is 318 g/mol. The predicted octanol–water partition coefficient (Wildman–Crippen LogP) is 2.61. The fourth-order valence-corrected chi connectivity index (χ4v) is 3.19. The Labute approximate surface area is 130 Å². The summed E-state index contributed by atoms with van der Waals surface area (Å²) in [6.07, 6.45) is 0. The number of fused-ring (bicyclic) bond motifs is 1. The van der Waals surface area contributed by atoms with Crippen LogP contribution in [-0.2, 0) is 6.54 Å². The second-order valence-electron chi connectivity index (χ2n) is 4.89. The minimum absolute atomic E-state index is 0.0984. The Bertz CT molecular complexity index is 792. The van der Waals surface area contributed by atoms with Crippen LogP contribution in [0.3, 0.4) is 0 Å². The number of aromatic nitrogens is 1. The standard InChI is InChI=1S/C16H15FN2O2S/c17-12-3-1-11(2-4-12)10-19-13-5-8-22-15(13)9-14(19)16(21)18-6-7-20/h1-5,8-9,20H,6-7,10H2,(H,18,21). The van der Waals surface area contributed by atoms with Crippen molar-refractivity contribution in [1.82, 2.24) is 9.88 Å². The molecule has 6 heteroatoms. The maximum absolute atomic E-state index is 13.0. The molecular formula is C16H15FN2O2S. The van der Waals surface area contributed by atoms with E-state index in [1.165, 1.54) is 12.1 Å². The Morgan fingerprint density at radius 2 is 2.05 bits per heavy atom. The number of carbonyl (C=O) groups excluding carboxylic acids is 1. The Morgan fingerprint density at radius 3 is 2.77 bits per heavy atom. The number of thiophene rings is 1. The highest BCUT2D eigenvalue weighted by molar-refractivity contribution is 7.17. The van der Waals surface area contributed by atoms with Crippen molar-refractivity contribution >= 4 is 27.5 Å². The lowest BCUT2D eigenvalue weighted by Crippen LogP contribution is -2.28. The second-order valence-corrected chi connectivity index (χ2v) is 5.84. The van der Waals surface area contributed by atoms with Crippen molar-refractivity contribution in [3.8, 4) is 0 Å². The quantitative estimate of drug-likeness (QED) is 0.760. The van der Waals surface area contributed by atoms with Crippen molar-refractivity contribution in [3.05, 3.63) is 58.9 Å². The Kier molecular flexibility index (Phi) is 4.22. The zero-order chi connectivity index (χ0) is 15.5. The van der Waals surface area contributed by atoms with Gasteiger partial charge in [0.05, 0.1) is 16.8 Å². The third-order valence-corrected chi connectivity index (χ3v) is 4.26. The van der Waals surface area contributed by atoms with Crippen LogP contribution in [0.2, 0.25) is 0 Å². The molecule has 2 N–H and O–H groups in total. The van der Waals surface area contributed by atoms with Gasteiger partial charge >= 0.3 is 0 Å². The molecule has 3 rings (SSSR count). The van der Waals surface area contributed by atoms with Crippen LogP contribution in [0.5, 0.6) is 0 Å². The molecule has 22 heavy (non-hydrogen) atoms. The van der Waals surface area contributed by atoms with Gasteiger partial charge in [-0.25, -0.2) is 4.39 Å². The summed E-state index contributed by atoms with van der Waals surface area (Å²) in [5.41, 5.74) is 2.43. The fraction of sp³-hybridized carbons (Fsp3) is 0.188. The summed E-state index contributed by atoms with van der Waals surface area (Å²) in [5.74, 6) is -0.502. The summed E-state index contributed by atoms with van der Waals surface area (Å²) in [5, 5.41) is 13.5. The largest absolute Gasteiger partial charge is 0.395 e. The van der Waals surface area contributed by atoms with E-state index in [2.05, 4.69) is 5.32 Å². The maximum atomic E-state index is 13.0. The lowest BCUT2D eigenvalue weighted by molar-refractivity contribution is 0.0936. The molecule has 0 aliphatic heterocycles. The molecule has 114 valence electrons. The van der Waals surface area contributed by atoms with Crippen molar-refractivity contribution in [2.24, 2.45) is 0 Å². The SMILES string of the molecule is O=C(NCCO)c1cc2sccc2n1Cc1ccc(F)cc1. The average Bonchev–Trinajstić information content (AvgIpc) is 3.09. The Hall–Kier alpha value is -2.18. The molecule has 0 saturated heterocycles. The first kappa shape index (κ1) is 14.7. The molecule has 0 unspecified atom stereocenters. The van der Waals surface area contributed by atoms with Gasteiger partial charge in [0.15, 0.2) is 0 Å². The lowest BCUT2D eigenvalue weighted by atomic mass is 10.2. The Morgan fingerprint density at radius 1 is 1.27 bits per heavy atom. The summed E-state index contributed by atoms with van der Waals surface area (Å²) in [4.78, 5) is 12.2. The van der Waals surface area contributed by atoms with Gasteiger partial charge in [0, 0.05) is 13.1 Å². The van der Waals surface area contributed by atoms with E-state index in [1.807, 2.05) is 22.1 Å². The molecule has 2 aromatic heterocycles. The van der Waals surface area contributed by atoms with E-state index in [4.69, 9.17) is 5.11 Å². The monoisotopic (exact) mass is 318 g/mol. The lowest BCUT2D eigenvalue weighted by Gasteiger charge is -2.10. The molecule has 0 aliphatic rings. The first-order valence-corrected chi connectivity index (χ1v) is 7.77. The van der Waals surface area contributed by atoms with E-state index >= 15 is 0 Å². The normalized spacial score (nSPS) is 11.0. The number of amides is 1. The van der Waals surface area contributed by atoms with Gasteiger partial charge in [-0.2, -0.15) is 0 Å². The number of nitrogens with one attached hydrogen (secondary N) is 1. The highest BCUT2D eigenvalue weighted by Gasteiger charge is 2.16. The molecule has 0 bridgehead atoms. The highest BCUT2D eigenvalue weighted by Crippen LogP contribution is 2.26. The van der Waals surface area contributed by atoms with Gasteiger partial charge in [-0.1, -0.05) is 12.1 Å². The van der Waals surface area contributed by atoms with Crippen LogP contribution in [0.1, 0.15) is 16.1 Å². The van der Waals surface area contributed by atoms with Gasteiger partial charge < -0.3 is 15.0 Å². The van der Waals surface area contributed by atoms with Gasteiger partial charge in [0.1, 0.15) is 11.5 Å². The topological polar surface area (TPSA) is 54.3 Å². The van der Waals surface area contributed by atoms with Crippen molar-refractivity contribution in [3.63, 3.8) is 0 Å². The number of nitrogens with zero attached hydrogens (tertiary/aromatic N) is 1. The molecule has 4 nitrogen and oxygen atoms in total. The van der Waals surface area contributed by atoms with Gasteiger partial charge in [-0.15, -0.1) is 11.3 Å². The van der Waals surface area contributed by atoms with E-state index in [1.54, 1.807) is 23.5 Å². The van der Waals surface area contributed by atoms with Crippen LogP contribution < -0.4 is 5.32 Å². The van der Waals surface area contributed by atoms with E-state index in [-0.39, 0.29) is 24.9 Å². The fourth-order valence-electron chi connectivity index (χ4n) is 2.37. The molecule has 3 aromatic rings. The molecule has 0 aliphatic carbocycles. The zero-order valence-electron chi connectivity index (χ0n) is 11.8. The molecule has 0 fully saturated rings. The highest BCUT2D eigenvalue weighted by atomic mass is 32.1. The molecule has 0 radical (unpaired) electrons. The number of aliphatic hydroxyl groups excluding tert-OH is 1. The first-order chi connectivity index (χ1) is 10.7. The number of hydrogen-bond donors (Lipinski definition) is 2. The molecule has 1 aromatic carbocycles. The summed E-state index contributed by atoms with van der Waals surface area (Å²) < 4.78 is 16.0. The van der Waals surface area contributed by atoms with Crippen LogP contribution >= 0.6 is 11.3 Å². The number of rotatable bonds is 5. The van der Waals surface area contributed by atoms with Crippen LogP contribution in [0.25, 0.3) is 10.2 Å². The van der Waals surface area contributed by atoms with Crippen molar-refractivity contribution in [2.45, 2.75) is 6.54 Å². The van der Waals surface area contributed by atoms with Crippen LogP contribution in [-0.4, -0.2) is 28.7 Å². The van der Waals surface area contributed by atoms with Crippen molar-refractivity contribution in [2.75, 3.05) is 13.2 Å². The summed E-state index contributed by atoms with van der Waals surface area (Å²) in [7, 11) is 0. The zero-order valence-corrected chi connectivity index (χ0v) is 12.6. The number of hydrogen-bond acceptors (Lipinski definition) is 3. The van der Waals surface area contributed by atoms with Crippen molar-refractivity contribution in [1.29, 1.82) is 0 Å². The van der Waals surface area contributed by atoms with E-state index in [9.17, 15) is 9.18 Å². The molecule has 2 heterocycles.